The topological polar surface area (TPSA) is 69.7 Å². The minimum atomic E-state index is -0.353. The van der Waals surface area contributed by atoms with Gasteiger partial charge in [0.15, 0.2) is 0 Å². The number of anilines is 2. The fourth-order valence-electron chi connectivity index (χ4n) is 5.02. The van der Waals surface area contributed by atoms with Gasteiger partial charge in [0.1, 0.15) is 11.4 Å². The summed E-state index contributed by atoms with van der Waals surface area (Å²) in [5.74, 6) is 1.02. The number of carbonyl (C=O) groups is 1. The Balaban J connectivity index is 1.28. The highest BCUT2D eigenvalue weighted by Crippen LogP contribution is 2.32. The predicted octanol–water partition coefficient (Wildman–Crippen LogP) is 2.11. The third kappa shape index (κ3) is 3.76. The zero-order valence-corrected chi connectivity index (χ0v) is 16.2. The van der Waals surface area contributed by atoms with Gasteiger partial charge < -0.3 is 15.1 Å². The minimum Gasteiger partial charge on any atom is -0.380 e. The van der Waals surface area contributed by atoms with Gasteiger partial charge in [-0.3, -0.25) is 14.4 Å². The summed E-state index contributed by atoms with van der Waals surface area (Å²) in [6.45, 7) is 4.36. The summed E-state index contributed by atoms with van der Waals surface area (Å²) in [5.41, 5.74) is 0.488. The molecule has 3 aliphatic rings. The Kier molecular flexibility index (Phi) is 5.50. The van der Waals surface area contributed by atoms with Gasteiger partial charge in [-0.1, -0.05) is 0 Å². The first kappa shape index (κ1) is 18.5. The first-order valence-corrected chi connectivity index (χ1v) is 10.8. The van der Waals surface area contributed by atoms with Crippen molar-refractivity contribution in [2.24, 2.45) is 11.8 Å². The number of likely N-dealkylation sites (tertiary alicyclic amines) is 1. The molecule has 2 aliphatic heterocycles. The quantitative estimate of drug-likeness (QED) is 0.801. The summed E-state index contributed by atoms with van der Waals surface area (Å²) in [5, 5.41) is 3.29. The average molecular weight is 373 g/mol. The van der Waals surface area contributed by atoms with E-state index in [1.165, 1.54) is 6.42 Å². The number of hydrogen-bond acceptors (Lipinski definition) is 5. The molecule has 1 amide bonds. The van der Waals surface area contributed by atoms with Gasteiger partial charge in [0, 0.05) is 38.6 Å². The smallest absolute Gasteiger partial charge is 0.253 e. The lowest BCUT2D eigenvalue weighted by Crippen LogP contribution is -2.45. The lowest BCUT2D eigenvalue weighted by atomic mass is 9.81. The maximum absolute atomic E-state index is 12.5. The molecular weight excluding hydrogens is 342 g/mol. The molecule has 1 aromatic carbocycles. The number of amides is 1. The molecule has 148 valence electrons. The molecule has 0 bridgehead atoms. The molecule has 0 atom stereocenters. The van der Waals surface area contributed by atoms with Crippen LogP contribution in [0.3, 0.4) is 0 Å². The second-order valence-electron chi connectivity index (χ2n) is 8.56. The number of nitrogens with zero attached hydrogens (tertiary/aromatic N) is 2. The van der Waals surface area contributed by atoms with Gasteiger partial charge in [0.2, 0.25) is 5.91 Å². The van der Waals surface area contributed by atoms with Gasteiger partial charge in [0.25, 0.3) is 10.9 Å². The van der Waals surface area contributed by atoms with Crippen molar-refractivity contribution in [1.82, 2.24) is 4.90 Å². The standard InChI is InChI=1S/C21H31N3O3/c25-19-17(18(20(19)26)23-10-2-1-3-11-23)22-14-15-6-8-16(9-7-15)21(27)24-12-4-5-13-24/h15-16,22H,1-14H2. The van der Waals surface area contributed by atoms with E-state index in [-0.39, 0.29) is 16.8 Å². The Bertz CT molecular complexity index is 732. The van der Waals surface area contributed by atoms with Crippen LogP contribution in [0, 0.1) is 11.8 Å². The number of rotatable bonds is 5. The SMILES string of the molecule is O=C(C1CCC(CNc2c(N3CCCCC3)c(=O)c2=O)CC1)N1CCCC1. The Labute approximate surface area is 160 Å². The zero-order valence-electron chi connectivity index (χ0n) is 16.2. The molecule has 1 N–H and O–H groups in total. The van der Waals surface area contributed by atoms with E-state index < -0.39 is 0 Å². The second kappa shape index (κ2) is 8.03. The maximum Gasteiger partial charge on any atom is 0.253 e. The van der Waals surface area contributed by atoms with E-state index in [0.717, 1.165) is 84.1 Å². The van der Waals surface area contributed by atoms with E-state index in [9.17, 15) is 14.4 Å². The van der Waals surface area contributed by atoms with Crippen LogP contribution in [0.25, 0.3) is 0 Å². The van der Waals surface area contributed by atoms with E-state index in [4.69, 9.17) is 0 Å². The van der Waals surface area contributed by atoms with E-state index >= 15 is 0 Å². The predicted molar refractivity (Wildman–Crippen MR) is 107 cm³/mol. The molecule has 2 saturated heterocycles. The molecule has 27 heavy (non-hydrogen) atoms. The molecule has 4 rings (SSSR count). The van der Waals surface area contributed by atoms with E-state index in [1.54, 1.807) is 0 Å². The fourth-order valence-corrected chi connectivity index (χ4v) is 5.02. The summed E-state index contributed by atoms with van der Waals surface area (Å²) < 4.78 is 0. The van der Waals surface area contributed by atoms with Crippen molar-refractivity contribution in [3.63, 3.8) is 0 Å². The molecule has 1 aliphatic carbocycles. The molecule has 6 heteroatoms. The van der Waals surface area contributed by atoms with Gasteiger partial charge in [-0.25, -0.2) is 0 Å². The zero-order chi connectivity index (χ0) is 18.8. The van der Waals surface area contributed by atoms with Crippen molar-refractivity contribution in [3.05, 3.63) is 20.4 Å². The number of piperidine rings is 1. The van der Waals surface area contributed by atoms with Crippen molar-refractivity contribution >= 4 is 17.3 Å². The fraction of sp³-hybridized carbons (Fsp3) is 0.762. The van der Waals surface area contributed by atoms with Crippen molar-refractivity contribution < 1.29 is 4.79 Å². The van der Waals surface area contributed by atoms with E-state index in [1.807, 2.05) is 4.90 Å². The molecule has 1 aromatic rings. The third-order valence-electron chi connectivity index (χ3n) is 6.74. The van der Waals surface area contributed by atoms with Crippen LogP contribution in [0.4, 0.5) is 11.4 Å². The highest BCUT2D eigenvalue weighted by Gasteiger charge is 2.31. The Morgan fingerprint density at radius 1 is 0.852 bits per heavy atom. The van der Waals surface area contributed by atoms with Crippen LogP contribution in [0.5, 0.6) is 0 Å². The summed E-state index contributed by atoms with van der Waals surface area (Å²) in [6, 6.07) is 0. The summed E-state index contributed by atoms with van der Waals surface area (Å²) >= 11 is 0. The molecule has 0 radical (unpaired) electrons. The minimum absolute atomic E-state index is 0.189. The van der Waals surface area contributed by atoms with Gasteiger partial charge >= 0.3 is 0 Å². The van der Waals surface area contributed by atoms with Gasteiger partial charge in [-0.2, -0.15) is 0 Å². The summed E-state index contributed by atoms with van der Waals surface area (Å²) in [4.78, 5) is 40.7. The van der Waals surface area contributed by atoms with E-state index in [2.05, 4.69) is 10.2 Å². The molecule has 0 aromatic heterocycles. The van der Waals surface area contributed by atoms with Crippen LogP contribution in [-0.2, 0) is 4.79 Å². The van der Waals surface area contributed by atoms with Crippen molar-refractivity contribution in [1.29, 1.82) is 0 Å². The Hall–Kier alpha value is -1.85. The summed E-state index contributed by atoms with van der Waals surface area (Å²) in [7, 11) is 0. The molecule has 1 saturated carbocycles. The molecule has 3 fully saturated rings. The highest BCUT2D eigenvalue weighted by molar-refractivity contribution is 5.79. The van der Waals surface area contributed by atoms with Crippen LogP contribution in [0.1, 0.15) is 57.8 Å². The average Bonchev–Trinajstić information content (AvgIpc) is 3.26. The first-order chi connectivity index (χ1) is 13.1. The van der Waals surface area contributed by atoms with Gasteiger partial charge in [-0.15, -0.1) is 0 Å². The lowest BCUT2D eigenvalue weighted by Gasteiger charge is -2.33. The van der Waals surface area contributed by atoms with Crippen molar-refractivity contribution in [2.75, 3.05) is 42.9 Å². The van der Waals surface area contributed by atoms with Gasteiger partial charge in [-0.05, 0) is 63.7 Å². The van der Waals surface area contributed by atoms with Crippen LogP contribution >= 0.6 is 0 Å². The number of nitrogens with one attached hydrogen (secondary N) is 1. The summed E-state index contributed by atoms with van der Waals surface area (Å²) in [6.07, 6.45) is 9.61. The van der Waals surface area contributed by atoms with Crippen LogP contribution in [-0.4, -0.2) is 43.5 Å². The lowest BCUT2D eigenvalue weighted by molar-refractivity contribution is -0.135. The second-order valence-corrected chi connectivity index (χ2v) is 8.56. The van der Waals surface area contributed by atoms with E-state index in [0.29, 0.717) is 23.2 Å². The molecule has 0 spiro atoms. The van der Waals surface area contributed by atoms with Crippen LogP contribution in [0.2, 0.25) is 0 Å². The van der Waals surface area contributed by atoms with Gasteiger partial charge in [0.05, 0.1) is 0 Å². The highest BCUT2D eigenvalue weighted by atomic mass is 16.2. The maximum atomic E-state index is 12.5. The largest absolute Gasteiger partial charge is 0.380 e. The monoisotopic (exact) mass is 373 g/mol. The molecule has 0 unspecified atom stereocenters. The number of hydrogen-bond donors (Lipinski definition) is 1. The molecule has 6 nitrogen and oxygen atoms in total. The van der Waals surface area contributed by atoms with Crippen molar-refractivity contribution in [3.8, 4) is 0 Å². The molecular formula is C21H31N3O3. The third-order valence-corrected chi connectivity index (χ3v) is 6.74. The Morgan fingerprint density at radius 2 is 1.48 bits per heavy atom. The first-order valence-electron chi connectivity index (χ1n) is 10.8. The number of carbonyl (C=O) groups excluding carboxylic acids is 1. The molecule has 2 heterocycles. The normalized spacial score (nSPS) is 26.5. The van der Waals surface area contributed by atoms with Crippen LogP contribution in [0.15, 0.2) is 9.59 Å². The Morgan fingerprint density at radius 3 is 2.15 bits per heavy atom. The van der Waals surface area contributed by atoms with Crippen LogP contribution < -0.4 is 21.1 Å². The van der Waals surface area contributed by atoms with Crippen molar-refractivity contribution in [2.45, 2.75) is 57.8 Å².